The van der Waals surface area contributed by atoms with Crippen molar-refractivity contribution in [2.24, 2.45) is 0 Å². The Hall–Kier alpha value is -1.94. The van der Waals surface area contributed by atoms with E-state index in [1.165, 1.54) is 6.92 Å². The number of aryl methyl sites for hydroxylation is 2. The van der Waals surface area contributed by atoms with Crippen LogP contribution in [0.2, 0.25) is 5.02 Å². The summed E-state index contributed by atoms with van der Waals surface area (Å²) in [6, 6.07) is 5.05. The molecule has 2 aromatic rings. The summed E-state index contributed by atoms with van der Waals surface area (Å²) in [6.07, 6.45) is 4.16. The maximum atomic E-state index is 11.4. The monoisotopic (exact) mass is 316 g/mol. The van der Waals surface area contributed by atoms with Gasteiger partial charge in [-0.1, -0.05) is 11.6 Å². The molecule has 5 heteroatoms. The predicted octanol–water partition coefficient (Wildman–Crippen LogP) is 4.31. The smallest absolute Gasteiger partial charge is 0.226 e. The van der Waals surface area contributed by atoms with Gasteiger partial charge in [-0.2, -0.15) is 4.98 Å². The number of benzene rings is 1. The molecule has 4 nitrogen and oxygen atoms in total. The zero-order valence-electron chi connectivity index (χ0n) is 12.6. The lowest BCUT2D eigenvalue weighted by Crippen LogP contribution is -2.10. The molecule has 0 spiro atoms. The molecule has 0 saturated carbocycles. The van der Waals surface area contributed by atoms with Gasteiger partial charge >= 0.3 is 0 Å². The van der Waals surface area contributed by atoms with Gasteiger partial charge < -0.3 is 4.74 Å². The number of hydrogen-bond donors (Lipinski definition) is 0. The topological polar surface area (TPSA) is 52.1 Å². The Balaban J connectivity index is 1.96. The molecule has 1 aliphatic carbocycles. The molecule has 3 rings (SSSR count). The van der Waals surface area contributed by atoms with Crippen LogP contribution in [0.1, 0.15) is 47.2 Å². The van der Waals surface area contributed by atoms with Gasteiger partial charge in [-0.15, -0.1) is 0 Å². The molecule has 1 heterocycles. The minimum Gasteiger partial charge on any atom is -0.437 e. The molecule has 0 bridgehead atoms. The molecule has 1 aliphatic rings. The zero-order valence-corrected chi connectivity index (χ0v) is 13.4. The van der Waals surface area contributed by atoms with E-state index >= 15 is 0 Å². The van der Waals surface area contributed by atoms with E-state index in [1.807, 2.05) is 6.92 Å². The highest BCUT2D eigenvalue weighted by molar-refractivity contribution is 6.32. The molecular weight excluding hydrogens is 300 g/mol. The van der Waals surface area contributed by atoms with E-state index in [2.05, 4.69) is 9.97 Å². The molecule has 22 heavy (non-hydrogen) atoms. The first-order chi connectivity index (χ1) is 10.5. The lowest BCUT2D eigenvalue weighted by Gasteiger charge is -2.18. The molecule has 1 aromatic heterocycles. The standard InChI is InChI=1S/C17H17ClN2O2/c1-10(21)12-7-8-16(14(18)9-12)22-17-13-5-3-4-6-15(13)19-11(2)20-17/h7-9H,3-6H2,1-2H3. The highest BCUT2D eigenvalue weighted by Crippen LogP contribution is 2.34. The number of ketones is 1. The van der Waals surface area contributed by atoms with Gasteiger partial charge in [-0.05, 0) is 57.7 Å². The number of fused-ring (bicyclic) bond motifs is 1. The highest BCUT2D eigenvalue weighted by atomic mass is 35.5. The maximum Gasteiger partial charge on any atom is 0.226 e. The number of carbonyl (C=O) groups excluding carboxylic acids is 1. The third-order valence-electron chi connectivity index (χ3n) is 3.80. The molecule has 0 amide bonds. The van der Waals surface area contributed by atoms with Crippen molar-refractivity contribution in [3.05, 3.63) is 45.9 Å². The summed E-state index contributed by atoms with van der Waals surface area (Å²) in [6.45, 7) is 3.37. The summed E-state index contributed by atoms with van der Waals surface area (Å²) >= 11 is 6.23. The Morgan fingerprint density at radius 2 is 2.00 bits per heavy atom. The van der Waals surface area contributed by atoms with E-state index in [0.29, 0.717) is 28.0 Å². The first-order valence-corrected chi connectivity index (χ1v) is 7.77. The Kier molecular flexibility index (Phi) is 4.12. The van der Waals surface area contributed by atoms with Crippen LogP contribution in [0.5, 0.6) is 11.6 Å². The summed E-state index contributed by atoms with van der Waals surface area (Å²) < 4.78 is 5.93. The van der Waals surface area contributed by atoms with Crippen molar-refractivity contribution in [2.75, 3.05) is 0 Å². The molecule has 0 unspecified atom stereocenters. The molecule has 0 N–H and O–H groups in total. The fraction of sp³-hybridized carbons (Fsp3) is 0.353. The number of nitrogens with zero attached hydrogens (tertiary/aromatic N) is 2. The molecule has 0 saturated heterocycles. The lowest BCUT2D eigenvalue weighted by atomic mass is 9.97. The number of halogens is 1. The van der Waals surface area contributed by atoms with Crippen LogP contribution < -0.4 is 4.74 Å². The number of Topliss-reactive ketones (excluding diaryl/α,β-unsaturated/α-hetero) is 1. The quantitative estimate of drug-likeness (QED) is 0.792. The van der Waals surface area contributed by atoms with E-state index in [9.17, 15) is 4.79 Å². The third-order valence-corrected chi connectivity index (χ3v) is 4.10. The summed E-state index contributed by atoms with van der Waals surface area (Å²) in [4.78, 5) is 20.3. The summed E-state index contributed by atoms with van der Waals surface area (Å²) in [5.74, 6) is 1.77. The third kappa shape index (κ3) is 2.97. The molecule has 0 fully saturated rings. The molecule has 114 valence electrons. The minimum absolute atomic E-state index is 0.0243. The number of aromatic nitrogens is 2. The van der Waals surface area contributed by atoms with E-state index in [0.717, 1.165) is 36.9 Å². The SMILES string of the molecule is CC(=O)c1ccc(Oc2nc(C)nc3c2CCCC3)c(Cl)c1. The van der Waals surface area contributed by atoms with Gasteiger partial charge in [0.2, 0.25) is 5.88 Å². The van der Waals surface area contributed by atoms with Crippen LogP contribution in [0.15, 0.2) is 18.2 Å². The first kappa shape index (κ1) is 15.0. The van der Waals surface area contributed by atoms with Crippen LogP contribution in [0.3, 0.4) is 0 Å². The van der Waals surface area contributed by atoms with Gasteiger partial charge in [0.05, 0.1) is 10.7 Å². The molecular formula is C17H17ClN2O2. The summed E-state index contributed by atoms with van der Waals surface area (Å²) in [5.41, 5.74) is 2.71. The van der Waals surface area contributed by atoms with Crippen LogP contribution in [-0.4, -0.2) is 15.8 Å². The first-order valence-electron chi connectivity index (χ1n) is 7.39. The average molecular weight is 317 g/mol. The number of hydrogen-bond acceptors (Lipinski definition) is 4. The molecule has 0 atom stereocenters. The number of ether oxygens (including phenoxy) is 1. The van der Waals surface area contributed by atoms with Crippen LogP contribution >= 0.6 is 11.6 Å². The molecule has 1 aromatic carbocycles. The minimum atomic E-state index is -0.0243. The molecule has 0 radical (unpaired) electrons. The van der Waals surface area contributed by atoms with Gasteiger partial charge in [-0.3, -0.25) is 4.79 Å². The van der Waals surface area contributed by atoms with Gasteiger partial charge in [-0.25, -0.2) is 4.98 Å². The second-order valence-corrected chi connectivity index (χ2v) is 5.92. The lowest BCUT2D eigenvalue weighted by molar-refractivity contribution is 0.101. The second kappa shape index (κ2) is 6.05. The van der Waals surface area contributed by atoms with Crippen molar-refractivity contribution in [3.8, 4) is 11.6 Å². The van der Waals surface area contributed by atoms with E-state index in [1.54, 1.807) is 18.2 Å². The van der Waals surface area contributed by atoms with Crippen LogP contribution in [0, 0.1) is 6.92 Å². The van der Waals surface area contributed by atoms with Gasteiger partial charge in [0.25, 0.3) is 0 Å². The Morgan fingerprint density at radius 3 is 2.73 bits per heavy atom. The maximum absolute atomic E-state index is 11.4. The zero-order chi connectivity index (χ0) is 15.7. The van der Waals surface area contributed by atoms with Crippen molar-refractivity contribution in [1.29, 1.82) is 0 Å². The van der Waals surface area contributed by atoms with E-state index in [-0.39, 0.29) is 5.78 Å². The predicted molar refractivity (Wildman–Crippen MR) is 84.9 cm³/mol. The van der Waals surface area contributed by atoms with Crippen molar-refractivity contribution < 1.29 is 9.53 Å². The van der Waals surface area contributed by atoms with Crippen molar-refractivity contribution >= 4 is 17.4 Å². The van der Waals surface area contributed by atoms with Crippen LogP contribution in [-0.2, 0) is 12.8 Å². The van der Waals surface area contributed by atoms with Crippen molar-refractivity contribution in [3.63, 3.8) is 0 Å². The fourth-order valence-corrected chi connectivity index (χ4v) is 2.89. The summed E-state index contributed by atoms with van der Waals surface area (Å²) in [5, 5.41) is 0.411. The summed E-state index contributed by atoms with van der Waals surface area (Å²) in [7, 11) is 0. The Bertz CT molecular complexity index is 744. The van der Waals surface area contributed by atoms with Crippen LogP contribution in [0.25, 0.3) is 0 Å². The van der Waals surface area contributed by atoms with Crippen LogP contribution in [0.4, 0.5) is 0 Å². The second-order valence-electron chi connectivity index (χ2n) is 5.51. The van der Waals surface area contributed by atoms with E-state index in [4.69, 9.17) is 16.3 Å². The molecule has 0 aliphatic heterocycles. The number of rotatable bonds is 3. The fourth-order valence-electron chi connectivity index (χ4n) is 2.67. The largest absolute Gasteiger partial charge is 0.437 e. The Labute approximate surface area is 134 Å². The van der Waals surface area contributed by atoms with Crippen molar-refractivity contribution in [2.45, 2.75) is 39.5 Å². The van der Waals surface area contributed by atoms with Crippen molar-refractivity contribution in [1.82, 2.24) is 9.97 Å². The van der Waals surface area contributed by atoms with Gasteiger partial charge in [0, 0.05) is 11.1 Å². The Morgan fingerprint density at radius 1 is 1.23 bits per heavy atom. The highest BCUT2D eigenvalue weighted by Gasteiger charge is 2.19. The normalized spacial score (nSPS) is 13.6. The average Bonchev–Trinajstić information content (AvgIpc) is 2.49. The van der Waals surface area contributed by atoms with Gasteiger partial charge in [0.1, 0.15) is 11.6 Å². The van der Waals surface area contributed by atoms with E-state index < -0.39 is 0 Å². The van der Waals surface area contributed by atoms with Gasteiger partial charge in [0.15, 0.2) is 5.78 Å². The number of carbonyl (C=O) groups is 1.